The van der Waals surface area contributed by atoms with Crippen molar-refractivity contribution in [1.82, 2.24) is 4.57 Å². The van der Waals surface area contributed by atoms with Crippen LogP contribution in [-0.2, 0) is 24.2 Å². The quantitative estimate of drug-likeness (QED) is 0.794. The standard InChI is InChI=1S/C17H13N3O3S/c18-8-11-10-4-3-7-14(10)24-16(11)19-15(21)9-20-12-5-1-2-6-13(12)23-17(20)22/h1-2,5-6H,3-4,7,9H2,(H,19,21). The summed E-state index contributed by atoms with van der Waals surface area (Å²) < 4.78 is 6.41. The monoisotopic (exact) mass is 339 g/mol. The molecule has 3 aromatic rings. The molecule has 120 valence electrons. The molecule has 1 N–H and O–H groups in total. The van der Waals surface area contributed by atoms with E-state index in [9.17, 15) is 14.9 Å². The van der Waals surface area contributed by atoms with Crippen LogP contribution in [-0.4, -0.2) is 10.5 Å². The summed E-state index contributed by atoms with van der Waals surface area (Å²) in [6, 6.07) is 9.15. The van der Waals surface area contributed by atoms with Gasteiger partial charge in [0.25, 0.3) is 0 Å². The zero-order chi connectivity index (χ0) is 16.7. The Hall–Kier alpha value is -2.85. The average Bonchev–Trinajstić information content (AvgIpc) is 3.21. The lowest BCUT2D eigenvalue weighted by Gasteiger charge is -2.04. The van der Waals surface area contributed by atoms with Crippen LogP contribution in [0.5, 0.6) is 0 Å². The minimum Gasteiger partial charge on any atom is -0.408 e. The van der Waals surface area contributed by atoms with E-state index in [0.717, 1.165) is 24.8 Å². The summed E-state index contributed by atoms with van der Waals surface area (Å²) in [5.41, 5.74) is 2.64. The number of carbonyl (C=O) groups excluding carboxylic acids is 1. The molecular weight excluding hydrogens is 326 g/mol. The molecule has 1 aliphatic carbocycles. The van der Waals surface area contributed by atoms with Crippen molar-refractivity contribution >= 4 is 33.3 Å². The Morgan fingerprint density at radius 2 is 2.21 bits per heavy atom. The Morgan fingerprint density at radius 1 is 1.38 bits per heavy atom. The molecule has 0 aliphatic heterocycles. The molecule has 2 aromatic heterocycles. The first kappa shape index (κ1) is 14.7. The molecule has 0 spiro atoms. The molecule has 1 aliphatic rings. The number of benzene rings is 1. The van der Waals surface area contributed by atoms with Crippen LogP contribution in [0.4, 0.5) is 5.00 Å². The van der Waals surface area contributed by atoms with Gasteiger partial charge in [0.1, 0.15) is 17.6 Å². The molecule has 1 aromatic carbocycles. The third kappa shape index (κ3) is 2.32. The van der Waals surface area contributed by atoms with Crippen molar-refractivity contribution in [3.05, 3.63) is 50.8 Å². The number of rotatable bonds is 3. The fourth-order valence-electron chi connectivity index (χ4n) is 3.08. The van der Waals surface area contributed by atoms with Crippen molar-refractivity contribution in [3.63, 3.8) is 0 Å². The van der Waals surface area contributed by atoms with Gasteiger partial charge in [0.15, 0.2) is 5.58 Å². The Labute approximate surface area is 140 Å². The molecule has 1 amide bonds. The first-order chi connectivity index (χ1) is 11.7. The number of hydrogen-bond donors (Lipinski definition) is 1. The summed E-state index contributed by atoms with van der Waals surface area (Å²) in [5.74, 6) is -0.916. The highest BCUT2D eigenvalue weighted by atomic mass is 32.1. The maximum atomic E-state index is 12.4. The Bertz CT molecular complexity index is 1050. The summed E-state index contributed by atoms with van der Waals surface area (Å²) in [6.07, 6.45) is 2.90. The number of thiophene rings is 1. The number of nitrogens with zero attached hydrogens (tertiary/aromatic N) is 2. The van der Waals surface area contributed by atoms with Crippen molar-refractivity contribution < 1.29 is 9.21 Å². The van der Waals surface area contributed by atoms with Crippen LogP contribution in [0.25, 0.3) is 11.1 Å². The van der Waals surface area contributed by atoms with E-state index in [1.54, 1.807) is 24.3 Å². The molecule has 0 atom stereocenters. The fraction of sp³-hybridized carbons (Fsp3) is 0.235. The van der Waals surface area contributed by atoms with Gasteiger partial charge in [-0.1, -0.05) is 12.1 Å². The Kier molecular flexibility index (Phi) is 3.47. The van der Waals surface area contributed by atoms with E-state index >= 15 is 0 Å². The molecule has 24 heavy (non-hydrogen) atoms. The van der Waals surface area contributed by atoms with Crippen molar-refractivity contribution in [2.24, 2.45) is 0 Å². The average molecular weight is 339 g/mol. The normalized spacial score (nSPS) is 13.0. The molecular formula is C17H13N3O3S. The number of aromatic nitrogens is 1. The number of aryl methyl sites for hydroxylation is 1. The largest absolute Gasteiger partial charge is 0.420 e. The Balaban J connectivity index is 1.61. The first-order valence-corrected chi connectivity index (χ1v) is 8.42. The van der Waals surface area contributed by atoms with Crippen molar-refractivity contribution in [2.45, 2.75) is 25.8 Å². The molecule has 7 heteroatoms. The predicted octanol–water partition coefficient (Wildman–Crippen LogP) is 2.66. The predicted molar refractivity (Wildman–Crippen MR) is 90.2 cm³/mol. The number of oxazole rings is 1. The highest BCUT2D eigenvalue weighted by Gasteiger charge is 2.23. The van der Waals surface area contributed by atoms with E-state index in [2.05, 4.69) is 11.4 Å². The summed E-state index contributed by atoms with van der Waals surface area (Å²) in [7, 11) is 0. The number of anilines is 1. The molecule has 4 rings (SSSR count). The topological polar surface area (TPSA) is 88.0 Å². The van der Waals surface area contributed by atoms with Crippen LogP contribution >= 0.6 is 11.3 Å². The second-order valence-corrected chi connectivity index (χ2v) is 6.75. The number of fused-ring (bicyclic) bond motifs is 2. The van der Waals surface area contributed by atoms with Crippen molar-refractivity contribution in [1.29, 1.82) is 5.26 Å². The zero-order valence-electron chi connectivity index (χ0n) is 12.7. The summed E-state index contributed by atoms with van der Waals surface area (Å²) in [6.45, 7) is -0.150. The third-order valence-corrected chi connectivity index (χ3v) is 5.37. The van der Waals surface area contributed by atoms with Crippen LogP contribution in [0, 0.1) is 11.3 Å². The highest BCUT2D eigenvalue weighted by Crippen LogP contribution is 2.38. The maximum absolute atomic E-state index is 12.4. The summed E-state index contributed by atoms with van der Waals surface area (Å²) in [4.78, 5) is 25.5. The lowest BCUT2D eigenvalue weighted by molar-refractivity contribution is -0.116. The number of carbonyl (C=O) groups is 1. The molecule has 0 unspecified atom stereocenters. The fourth-order valence-corrected chi connectivity index (χ4v) is 4.34. The number of nitrogens with one attached hydrogen (secondary N) is 1. The number of nitriles is 1. The van der Waals surface area contributed by atoms with E-state index in [1.165, 1.54) is 20.8 Å². The molecule has 0 fully saturated rings. The van der Waals surface area contributed by atoms with Crippen molar-refractivity contribution in [3.8, 4) is 6.07 Å². The molecule has 0 saturated heterocycles. The van der Waals surface area contributed by atoms with Crippen LogP contribution in [0.15, 0.2) is 33.5 Å². The van der Waals surface area contributed by atoms with Crippen molar-refractivity contribution in [2.75, 3.05) is 5.32 Å². The number of para-hydroxylation sites is 2. The van der Waals surface area contributed by atoms with Gasteiger partial charge in [0, 0.05) is 4.88 Å². The van der Waals surface area contributed by atoms with Gasteiger partial charge >= 0.3 is 5.76 Å². The second kappa shape index (κ2) is 5.65. The maximum Gasteiger partial charge on any atom is 0.420 e. The smallest absolute Gasteiger partial charge is 0.408 e. The van der Waals surface area contributed by atoms with Crippen LogP contribution < -0.4 is 11.1 Å². The van der Waals surface area contributed by atoms with E-state index in [-0.39, 0.29) is 12.5 Å². The van der Waals surface area contributed by atoms with Gasteiger partial charge in [-0.15, -0.1) is 11.3 Å². The molecule has 0 radical (unpaired) electrons. The SMILES string of the molecule is N#Cc1c(NC(=O)Cn2c(=O)oc3ccccc32)sc2c1CCC2. The van der Waals surface area contributed by atoms with E-state index in [1.807, 2.05) is 0 Å². The lowest BCUT2D eigenvalue weighted by Crippen LogP contribution is -2.24. The van der Waals surface area contributed by atoms with Gasteiger partial charge in [-0.3, -0.25) is 9.36 Å². The minimum absolute atomic E-state index is 0.150. The second-order valence-electron chi connectivity index (χ2n) is 5.64. The zero-order valence-corrected chi connectivity index (χ0v) is 13.5. The third-order valence-electron chi connectivity index (χ3n) is 4.16. The van der Waals surface area contributed by atoms with Crippen LogP contribution in [0.1, 0.15) is 22.4 Å². The first-order valence-electron chi connectivity index (χ1n) is 7.60. The number of hydrogen-bond acceptors (Lipinski definition) is 5. The molecule has 2 heterocycles. The Morgan fingerprint density at radius 3 is 3.04 bits per heavy atom. The van der Waals surface area contributed by atoms with Gasteiger partial charge in [0.2, 0.25) is 5.91 Å². The van der Waals surface area contributed by atoms with Gasteiger partial charge < -0.3 is 9.73 Å². The summed E-state index contributed by atoms with van der Waals surface area (Å²) >= 11 is 1.46. The molecule has 6 nitrogen and oxygen atoms in total. The lowest BCUT2D eigenvalue weighted by atomic mass is 10.1. The van der Waals surface area contributed by atoms with E-state index in [4.69, 9.17) is 4.42 Å². The van der Waals surface area contributed by atoms with Crippen LogP contribution in [0.2, 0.25) is 0 Å². The summed E-state index contributed by atoms with van der Waals surface area (Å²) in [5, 5.41) is 12.7. The molecule has 0 bridgehead atoms. The highest BCUT2D eigenvalue weighted by molar-refractivity contribution is 7.16. The van der Waals surface area contributed by atoms with Gasteiger partial charge in [-0.2, -0.15) is 5.26 Å². The van der Waals surface area contributed by atoms with Crippen LogP contribution in [0.3, 0.4) is 0 Å². The number of amides is 1. The van der Waals surface area contributed by atoms with Gasteiger partial charge in [0.05, 0.1) is 11.1 Å². The van der Waals surface area contributed by atoms with E-state index < -0.39 is 5.76 Å². The van der Waals surface area contributed by atoms with Gasteiger partial charge in [-0.25, -0.2) is 4.79 Å². The van der Waals surface area contributed by atoms with E-state index in [0.29, 0.717) is 21.7 Å². The molecule has 0 saturated carbocycles. The van der Waals surface area contributed by atoms with Gasteiger partial charge in [-0.05, 0) is 37.0 Å². The minimum atomic E-state index is -0.569.